The SMILES string of the molecule is O=C(NC1CC2CCN(C2)C1)c1ccc(Oc2ccco2)cc1. The number of nitrogens with one attached hydrogen (secondary N) is 1. The number of ether oxygens (including phenoxy) is 1. The van der Waals surface area contributed by atoms with E-state index in [0.29, 0.717) is 17.3 Å². The number of benzene rings is 1. The third-order valence-electron chi connectivity index (χ3n) is 4.63. The molecule has 2 fully saturated rings. The monoisotopic (exact) mass is 312 g/mol. The predicted octanol–water partition coefficient (Wildman–Crippen LogP) is 2.90. The highest BCUT2D eigenvalue weighted by atomic mass is 16.6. The quantitative estimate of drug-likeness (QED) is 0.943. The number of carbonyl (C=O) groups is 1. The molecule has 0 radical (unpaired) electrons. The number of carbonyl (C=O) groups excluding carboxylic acids is 1. The lowest BCUT2D eigenvalue weighted by Crippen LogP contribution is -2.46. The minimum Gasteiger partial charge on any atom is -0.434 e. The molecule has 1 amide bonds. The summed E-state index contributed by atoms with van der Waals surface area (Å²) in [5.41, 5.74) is 0.657. The molecule has 0 saturated carbocycles. The highest BCUT2D eigenvalue weighted by molar-refractivity contribution is 5.94. The zero-order valence-electron chi connectivity index (χ0n) is 12.9. The van der Waals surface area contributed by atoms with Crippen molar-refractivity contribution in [2.24, 2.45) is 5.92 Å². The van der Waals surface area contributed by atoms with Gasteiger partial charge in [-0.25, -0.2) is 0 Å². The molecule has 2 aromatic rings. The topological polar surface area (TPSA) is 54.7 Å². The standard InChI is InChI=1S/C18H20N2O3/c21-18(19-15-10-13-7-8-20(11-13)12-15)14-3-5-16(6-4-14)23-17-2-1-9-22-17/h1-6,9,13,15H,7-8,10-12H2,(H,19,21). The highest BCUT2D eigenvalue weighted by Gasteiger charge is 2.32. The van der Waals surface area contributed by atoms with Crippen molar-refractivity contribution in [2.75, 3.05) is 19.6 Å². The number of hydrogen-bond donors (Lipinski definition) is 1. The number of fused-ring (bicyclic) bond motifs is 2. The molecule has 3 heterocycles. The summed E-state index contributed by atoms with van der Waals surface area (Å²) in [6, 6.07) is 10.9. The van der Waals surface area contributed by atoms with Gasteiger partial charge < -0.3 is 19.4 Å². The van der Waals surface area contributed by atoms with E-state index in [4.69, 9.17) is 9.15 Å². The summed E-state index contributed by atoms with van der Waals surface area (Å²) in [5, 5.41) is 3.16. The number of amides is 1. The van der Waals surface area contributed by atoms with Gasteiger partial charge in [-0.15, -0.1) is 0 Å². The van der Waals surface area contributed by atoms with Crippen LogP contribution in [-0.4, -0.2) is 36.5 Å². The first-order valence-corrected chi connectivity index (χ1v) is 8.11. The van der Waals surface area contributed by atoms with Crippen molar-refractivity contribution < 1.29 is 13.9 Å². The van der Waals surface area contributed by atoms with Gasteiger partial charge in [0.1, 0.15) is 5.75 Å². The summed E-state index contributed by atoms with van der Waals surface area (Å²) >= 11 is 0. The van der Waals surface area contributed by atoms with Crippen molar-refractivity contribution in [3.8, 4) is 11.7 Å². The molecular weight excluding hydrogens is 292 g/mol. The molecule has 4 rings (SSSR count). The number of piperidine rings is 1. The van der Waals surface area contributed by atoms with Crippen LogP contribution in [0, 0.1) is 5.92 Å². The van der Waals surface area contributed by atoms with Crippen LogP contribution in [0.4, 0.5) is 0 Å². The van der Waals surface area contributed by atoms with E-state index in [2.05, 4.69) is 10.2 Å². The molecule has 3 atom stereocenters. The van der Waals surface area contributed by atoms with Crippen LogP contribution in [0.3, 0.4) is 0 Å². The second-order valence-electron chi connectivity index (χ2n) is 6.38. The third kappa shape index (κ3) is 3.24. The molecule has 2 saturated heterocycles. The Morgan fingerprint density at radius 3 is 2.83 bits per heavy atom. The van der Waals surface area contributed by atoms with Gasteiger partial charge in [0.25, 0.3) is 11.9 Å². The van der Waals surface area contributed by atoms with Crippen molar-refractivity contribution in [1.29, 1.82) is 0 Å². The fraction of sp³-hybridized carbons (Fsp3) is 0.389. The average molecular weight is 312 g/mol. The van der Waals surface area contributed by atoms with Crippen molar-refractivity contribution in [2.45, 2.75) is 18.9 Å². The van der Waals surface area contributed by atoms with Gasteiger partial charge in [-0.2, -0.15) is 0 Å². The Kier molecular flexibility index (Phi) is 3.79. The molecule has 5 nitrogen and oxygen atoms in total. The normalized spacial score (nSPS) is 26.0. The van der Waals surface area contributed by atoms with Crippen molar-refractivity contribution in [3.05, 3.63) is 48.2 Å². The Balaban J connectivity index is 1.36. The second-order valence-corrected chi connectivity index (χ2v) is 6.38. The average Bonchev–Trinajstić information content (AvgIpc) is 3.18. The summed E-state index contributed by atoms with van der Waals surface area (Å²) in [5.74, 6) is 1.83. The Morgan fingerprint density at radius 1 is 1.22 bits per heavy atom. The second kappa shape index (κ2) is 6.08. The van der Waals surface area contributed by atoms with Crippen molar-refractivity contribution >= 4 is 5.91 Å². The molecule has 0 aliphatic carbocycles. The van der Waals surface area contributed by atoms with Crippen LogP contribution in [0.15, 0.2) is 47.1 Å². The number of furan rings is 1. The van der Waals surface area contributed by atoms with Crippen LogP contribution in [-0.2, 0) is 0 Å². The van der Waals surface area contributed by atoms with Crippen LogP contribution in [0.2, 0.25) is 0 Å². The van der Waals surface area contributed by atoms with E-state index < -0.39 is 0 Å². The first-order valence-electron chi connectivity index (χ1n) is 8.11. The summed E-state index contributed by atoms with van der Waals surface area (Å²) in [6.45, 7) is 3.35. The maximum absolute atomic E-state index is 12.4. The first kappa shape index (κ1) is 14.3. The third-order valence-corrected chi connectivity index (χ3v) is 4.63. The van der Waals surface area contributed by atoms with Crippen LogP contribution < -0.4 is 10.1 Å². The van der Waals surface area contributed by atoms with Crippen molar-refractivity contribution in [3.63, 3.8) is 0 Å². The van der Waals surface area contributed by atoms with E-state index in [0.717, 1.165) is 18.9 Å². The molecule has 0 spiro atoms. The van der Waals surface area contributed by atoms with Gasteiger partial charge >= 0.3 is 0 Å². The van der Waals surface area contributed by atoms with E-state index in [1.807, 2.05) is 0 Å². The fourth-order valence-electron chi connectivity index (χ4n) is 3.55. The van der Waals surface area contributed by atoms with E-state index in [9.17, 15) is 4.79 Å². The Morgan fingerprint density at radius 2 is 2.09 bits per heavy atom. The van der Waals surface area contributed by atoms with Gasteiger partial charge in [-0.05, 0) is 55.6 Å². The summed E-state index contributed by atoms with van der Waals surface area (Å²) in [6.07, 6.45) is 3.93. The molecule has 2 aliphatic rings. The molecule has 2 aliphatic heterocycles. The largest absolute Gasteiger partial charge is 0.434 e. The zero-order valence-corrected chi connectivity index (χ0v) is 12.9. The Hall–Kier alpha value is -2.27. The summed E-state index contributed by atoms with van der Waals surface area (Å²) in [7, 11) is 0. The van der Waals surface area contributed by atoms with Gasteiger partial charge in [-0.3, -0.25) is 4.79 Å². The fourth-order valence-corrected chi connectivity index (χ4v) is 3.55. The van der Waals surface area contributed by atoms with Gasteiger partial charge in [0.2, 0.25) is 0 Å². The van der Waals surface area contributed by atoms with Crippen LogP contribution in [0.5, 0.6) is 11.7 Å². The lowest BCUT2D eigenvalue weighted by molar-refractivity contribution is 0.0909. The lowest BCUT2D eigenvalue weighted by atomic mass is 9.96. The Labute approximate surface area is 135 Å². The van der Waals surface area contributed by atoms with Gasteiger partial charge in [-0.1, -0.05) is 0 Å². The van der Waals surface area contributed by atoms with Crippen LogP contribution >= 0.6 is 0 Å². The lowest BCUT2D eigenvalue weighted by Gasteiger charge is -2.30. The molecule has 5 heteroatoms. The molecule has 1 aromatic heterocycles. The maximum atomic E-state index is 12.4. The minimum absolute atomic E-state index is 0.0120. The maximum Gasteiger partial charge on any atom is 0.289 e. The minimum atomic E-state index is -0.0120. The molecular formula is C18H20N2O3. The molecule has 3 unspecified atom stereocenters. The van der Waals surface area contributed by atoms with E-state index in [1.165, 1.54) is 19.5 Å². The van der Waals surface area contributed by atoms with Gasteiger partial charge in [0, 0.05) is 30.8 Å². The molecule has 23 heavy (non-hydrogen) atoms. The number of nitrogens with zero attached hydrogens (tertiary/aromatic N) is 1. The zero-order chi connectivity index (χ0) is 15.6. The summed E-state index contributed by atoms with van der Waals surface area (Å²) in [4.78, 5) is 14.8. The molecule has 1 N–H and O–H groups in total. The van der Waals surface area contributed by atoms with Crippen LogP contribution in [0.1, 0.15) is 23.2 Å². The van der Waals surface area contributed by atoms with Crippen LogP contribution in [0.25, 0.3) is 0 Å². The van der Waals surface area contributed by atoms with Gasteiger partial charge in [0.05, 0.1) is 6.26 Å². The van der Waals surface area contributed by atoms with E-state index in [-0.39, 0.29) is 11.9 Å². The first-order chi connectivity index (χ1) is 11.3. The molecule has 120 valence electrons. The summed E-state index contributed by atoms with van der Waals surface area (Å²) < 4.78 is 10.7. The smallest absolute Gasteiger partial charge is 0.289 e. The van der Waals surface area contributed by atoms with Gasteiger partial charge in [0.15, 0.2) is 0 Å². The predicted molar refractivity (Wildman–Crippen MR) is 85.6 cm³/mol. The van der Waals surface area contributed by atoms with Crippen molar-refractivity contribution in [1.82, 2.24) is 10.2 Å². The van der Waals surface area contributed by atoms with E-state index in [1.54, 1.807) is 42.7 Å². The number of hydrogen-bond acceptors (Lipinski definition) is 4. The van der Waals surface area contributed by atoms with E-state index >= 15 is 0 Å². The molecule has 2 bridgehead atoms. The number of rotatable bonds is 4. The highest BCUT2D eigenvalue weighted by Crippen LogP contribution is 2.27. The molecule has 1 aromatic carbocycles. The Bertz CT molecular complexity index is 654.